The monoisotopic (exact) mass is 727 g/mol. The van der Waals surface area contributed by atoms with Crippen LogP contribution in [0.5, 0.6) is 0 Å². The molecule has 0 saturated carbocycles. The molecule has 0 heterocycles. The van der Waals surface area contributed by atoms with Crippen molar-refractivity contribution in [2.75, 3.05) is 13.2 Å². The zero-order valence-electron chi connectivity index (χ0n) is 33.4. The Kier molecular flexibility index (Phi) is 38.9. The van der Waals surface area contributed by atoms with Crippen molar-refractivity contribution in [3.05, 3.63) is 72.9 Å². The summed E-state index contributed by atoms with van der Waals surface area (Å²) in [7, 11) is 0. The third kappa shape index (κ3) is 38.5. The Balaban J connectivity index is 3.75. The van der Waals surface area contributed by atoms with Gasteiger partial charge in [0, 0.05) is 12.8 Å². The summed E-state index contributed by atoms with van der Waals surface area (Å²) in [6.07, 6.45) is 51.4. The minimum atomic E-state index is -0.838. The van der Waals surface area contributed by atoms with Crippen LogP contribution in [0.25, 0.3) is 0 Å². The van der Waals surface area contributed by atoms with E-state index in [1.165, 1.54) is 96.3 Å². The highest BCUT2D eigenvalue weighted by molar-refractivity contribution is 5.70. The van der Waals surface area contributed by atoms with Crippen molar-refractivity contribution >= 4 is 11.9 Å². The van der Waals surface area contributed by atoms with E-state index in [0.29, 0.717) is 19.3 Å². The minimum Gasteiger partial charge on any atom is -0.462 e. The topological polar surface area (TPSA) is 93.1 Å². The average molecular weight is 727 g/mol. The van der Waals surface area contributed by atoms with Crippen LogP contribution in [-0.4, -0.2) is 47.6 Å². The summed E-state index contributed by atoms with van der Waals surface area (Å²) < 4.78 is 10.5. The maximum absolute atomic E-state index is 12.2. The third-order valence-corrected chi connectivity index (χ3v) is 8.86. The molecule has 6 heteroatoms. The molecule has 1 unspecified atom stereocenters. The maximum Gasteiger partial charge on any atom is 0.306 e. The molecule has 0 aliphatic heterocycles. The number of esters is 2. The lowest BCUT2D eigenvalue weighted by Crippen LogP contribution is -2.28. The van der Waals surface area contributed by atoms with Gasteiger partial charge in [0.2, 0.25) is 0 Å². The Morgan fingerprint density at radius 2 is 1.06 bits per heavy atom. The van der Waals surface area contributed by atoms with Crippen LogP contribution < -0.4 is 0 Å². The molecule has 0 bridgehead atoms. The zero-order chi connectivity index (χ0) is 38.0. The second-order valence-electron chi connectivity index (χ2n) is 13.9. The van der Waals surface area contributed by atoms with Crippen molar-refractivity contribution in [3.8, 4) is 0 Å². The van der Waals surface area contributed by atoms with E-state index in [0.717, 1.165) is 44.9 Å². The summed E-state index contributed by atoms with van der Waals surface area (Å²) in [4.78, 5) is 24.3. The molecule has 298 valence electrons. The summed E-state index contributed by atoms with van der Waals surface area (Å²) in [5.74, 6) is -0.772. The summed E-state index contributed by atoms with van der Waals surface area (Å²) in [6.45, 7) is 3.88. The Hall–Kier alpha value is -2.70. The van der Waals surface area contributed by atoms with Crippen LogP contribution in [0, 0.1) is 0 Å². The van der Waals surface area contributed by atoms with Gasteiger partial charge in [-0.3, -0.25) is 9.59 Å². The number of allylic oxidation sites excluding steroid dienone is 10. The van der Waals surface area contributed by atoms with Crippen molar-refractivity contribution in [2.45, 2.75) is 193 Å². The molecular formula is C46H78O6. The first-order valence-electron chi connectivity index (χ1n) is 21.1. The Labute approximate surface area is 319 Å². The van der Waals surface area contributed by atoms with Crippen molar-refractivity contribution < 1.29 is 29.3 Å². The van der Waals surface area contributed by atoms with E-state index in [4.69, 9.17) is 9.47 Å². The van der Waals surface area contributed by atoms with Crippen molar-refractivity contribution in [2.24, 2.45) is 0 Å². The smallest absolute Gasteiger partial charge is 0.306 e. The number of aliphatic hydroxyl groups excluding tert-OH is 2. The Morgan fingerprint density at radius 3 is 1.58 bits per heavy atom. The molecule has 0 aliphatic rings. The van der Waals surface area contributed by atoms with Gasteiger partial charge >= 0.3 is 11.9 Å². The number of carbonyl (C=O) groups excluding carboxylic acids is 2. The summed E-state index contributed by atoms with van der Waals surface area (Å²) >= 11 is 0. The second kappa shape index (κ2) is 41.1. The normalized spacial score (nSPS) is 13.5. The van der Waals surface area contributed by atoms with Crippen molar-refractivity contribution in [1.29, 1.82) is 0 Å². The van der Waals surface area contributed by atoms with Crippen LogP contribution >= 0.6 is 0 Å². The van der Waals surface area contributed by atoms with E-state index in [1.807, 2.05) is 30.4 Å². The number of ether oxygens (including phenoxy) is 2. The molecule has 2 N–H and O–H groups in total. The van der Waals surface area contributed by atoms with E-state index in [-0.39, 0.29) is 25.6 Å². The molecule has 0 aliphatic carbocycles. The van der Waals surface area contributed by atoms with E-state index in [1.54, 1.807) is 6.08 Å². The summed E-state index contributed by atoms with van der Waals surface area (Å²) in [6, 6.07) is 0. The quantitative estimate of drug-likeness (QED) is 0.0286. The lowest BCUT2D eigenvalue weighted by Gasteiger charge is -2.15. The number of hydrogen-bond donors (Lipinski definition) is 2. The lowest BCUT2D eigenvalue weighted by molar-refractivity contribution is -0.161. The van der Waals surface area contributed by atoms with Crippen LogP contribution in [0.2, 0.25) is 0 Å². The highest BCUT2D eigenvalue weighted by atomic mass is 16.6. The van der Waals surface area contributed by atoms with Gasteiger partial charge in [-0.2, -0.15) is 0 Å². The van der Waals surface area contributed by atoms with Crippen molar-refractivity contribution in [1.82, 2.24) is 0 Å². The molecule has 52 heavy (non-hydrogen) atoms. The Morgan fingerprint density at radius 1 is 0.558 bits per heavy atom. The second-order valence-corrected chi connectivity index (χ2v) is 13.9. The zero-order valence-corrected chi connectivity index (χ0v) is 33.4. The van der Waals surface area contributed by atoms with Gasteiger partial charge in [0.1, 0.15) is 6.61 Å². The minimum absolute atomic E-state index is 0.148. The summed E-state index contributed by atoms with van der Waals surface area (Å²) in [5, 5.41) is 19.7. The van der Waals surface area contributed by atoms with Gasteiger partial charge in [0.15, 0.2) is 6.10 Å². The third-order valence-electron chi connectivity index (χ3n) is 8.86. The van der Waals surface area contributed by atoms with Crippen molar-refractivity contribution in [3.63, 3.8) is 0 Å². The fourth-order valence-electron chi connectivity index (χ4n) is 5.66. The highest BCUT2D eigenvalue weighted by Gasteiger charge is 2.16. The van der Waals surface area contributed by atoms with Gasteiger partial charge < -0.3 is 19.7 Å². The fourth-order valence-corrected chi connectivity index (χ4v) is 5.66. The first-order chi connectivity index (χ1) is 25.5. The van der Waals surface area contributed by atoms with Gasteiger partial charge in [-0.1, -0.05) is 196 Å². The van der Waals surface area contributed by atoms with E-state index in [9.17, 15) is 19.8 Å². The molecule has 0 aromatic heterocycles. The molecule has 0 fully saturated rings. The molecule has 0 spiro atoms. The SMILES string of the molecule is CC/C=C\C/C=C\C/C=C\C/C=C\C=C/C(O)C/C=C\CCC(=O)OC[C@H](CO)OC(=O)CCCCCCCCCCCCCCCCCCCC. The first kappa shape index (κ1) is 49.3. The average Bonchev–Trinajstić information content (AvgIpc) is 3.14. The molecular weight excluding hydrogens is 648 g/mol. The molecule has 2 atom stereocenters. The van der Waals surface area contributed by atoms with E-state index < -0.39 is 18.2 Å². The molecule has 0 rings (SSSR count). The number of aliphatic hydroxyl groups is 2. The molecule has 0 saturated heterocycles. The number of hydrogen-bond acceptors (Lipinski definition) is 6. The summed E-state index contributed by atoms with van der Waals surface area (Å²) in [5.41, 5.74) is 0. The predicted molar refractivity (Wildman–Crippen MR) is 220 cm³/mol. The first-order valence-corrected chi connectivity index (χ1v) is 21.1. The van der Waals surface area contributed by atoms with Gasteiger partial charge in [-0.05, 0) is 44.9 Å². The standard InChI is InChI=1S/C46H78O6/c1-3-5-7-9-11-13-15-17-18-19-20-21-23-25-27-29-31-35-40-46(50)52-44(41-47)42-51-45(49)39-36-32-34-38-43(48)37-33-30-28-26-24-22-16-14-12-10-8-6-4-2/h6,8,12,14,22,24,28,30,32-34,37,43-44,47-48H,3-5,7,9-11,13,15-21,23,25-27,29,31,35-36,38-42H2,1-2H3/b8-6-,14-12-,24-22-,30-28-,34-32-,37-33-/t43?,44-/m0/s1. The lowest BCUT2D eigenvalue weighted by atomic mass is 10.0. The van der Waals surface area contributed by atoms with Gasteiger partial charge in [-0.25, -0.2) is 0 Å². The molecule has 6 nitrogen and oxygen atoms in total. The molecule has 0 aromatic carbocycles. The maximum atomic E-state index is 12.2. The highest BCUT2D eigenvalue weighted by Crippen LogP contribution is 2.15. The van der Waals surface area contributed by atoms with Gasteiger partial charge in [-0.15, -0.1) is 0 Å². The largest absolute Gasteiger partial charge is 0.462 e. The van der Waals surface area contributed by atoms with Crippen LogP contribution in [0.1, 0.15) is 181 Å². The van der Waals surface area contributed by atoms with E-state index >= 15 is 0 Å². The van der Waals surface area contributed by atoms with Gasteiger partial charge in [0.05, 0.1) is 12.7 Å². The van der Waals surface area contributed by atoms with Gasteiger partial charge in [0.25, 0.3) is 0 Å². The Bertz CT molecular complexity index is 975. The van der Waals surface area contributed by atoms with E-state index in [2.05, 4.69) is 50.3 Å². The van der Waals surface area contributed by atoms with Crippen LogP contribution in [0.3, 0.4) is 0 Å². The molecule has 0 aromatic rings. The molecule has 0 amide bonds. The number of rotatable bonds is 37. The number of carbonyl (C=O) groups is 2. The fraction of sp³-hybridized carbons (Fsp3) is 0.696. The molecule has 0 radical (unpaired) electrons. The van der Waals surface area contributed by atoms with Crippen LogP contribution in [-0.2, 0) is 19.1 Å². The predicted octanol–water partition coefficient (Wildman–Crippen LogP) is 12.3. The number of unbranched alkanes of at least 4 members (excludes halogenated alkanes) is 17. The van der Waals surface area contributed by atoms with Crippen LogP contribution in [0.15, 0.2) is 72.9 Å². The van der Waals surface area contributed by atoms with Crippen LogP contribution in [0.4, 0.5) is 0 Å².